The molecule has 5 heteroatoms. The van der Waals surface area contributed by atoms with Crippen molar-refractivity contribution in [3.8, 4) is 5.75 Å². The molecule has 0 bridgehead atoms. The Kier molecular flexibility index (Phi) is 5.14. The number of hydrogen-bond acceptors (Lipinski definition) is 2. The SMILES string of the molecule is CC(C)(CCCOc1cc(F)cc(Br)c1)C(=O)O. The van der Waals surface area contributed by atoms with Crippen molar-refractivity contribution in [1.82, 2.24) is 0 Å². The smallest absolute Gasteiger partial charge is 0.309 e. The van der Waals surface area contributed by atoms with E-state index >= 15 is 0 Å². The monoisotopic (exact) mass is 318 g/mol. The van der Waals surface area contributed by atoms with Gasteiger partial charge in [0.1, 0.15) is 11.6 Å². The lowest BCUT2D eigenvalue weighted by atomic mass is 9.88. The minimum atomic E-state index is -0.823. The number of carbonyl (C=O) groups is 1. The molecule has 0 saturated heterocycles. The number of hydrogen-bond donors (Lipinski definition) is 1. The third kappa shape index (κ3) is 4.64. The van der Waals surface area contributed by atoms with E-state index in [0.717, 1.165) is 0 Å². The number of carboxylic acid groups (broad SMARTS) is 1. The molecular weight excluding hydrogens is 303 g/mol. The summed E-state index contributed by atoms with van der Waals surface area (Å²) in [5.74, 6) is -0.753. The second-order valence-corrected chi connectivity index (χ2v) is 5.66. The van der Waals surface area contributed by atoms with Crippen LogP contribution < -0.4 is 4.74 Å². The van der Waals surface area contributed by atoms with Gasteiger partial charge in [0, 0.05) is 10.5 Å². The highest BCUT2D eigenvalue weighted by molar-refractivity contribution is 9.10. The maximum atomic E-state index is 13.0. The Morgan fingerprint density at radius 3 is 2.67 bits per heavy atom. The molecule has 0 saturated carbocycles. The fourth-order valence-electron chi connectivity index (χ4n) is 1.42. The molecule has 0 aliphatic rings. The van der Waals surface area contributed by atoms with E-state index in [9.17, 15) is 9.18 Å². The Hall–Kier alpha value is -1.10. The first-order valence-electron chi connectivity index (χ1n) is 5.63. The zero-order valence-electron chi connectivity index (χ0n) is 10.4. The fourth-order valence-corrected chi connectivity index (χ4v) is 1.87. The van der Waals surface area contributed by atoms with Crippen LogP contribution in [0.5, 0.6) is 5.75 Å². The van der Waals surface area contributed by atoms with Crippen molar-refractivity contribution < 1.29 is 19.0 Å². The lowest BCUT2D eigenvalue weighted by Crippen LogP contribution is -2.24. The van der Waals surface area contributed by atoms with E-state index in [1.165, 1.54) is 12.1 Å². The first kappa shape index (κ1) is 15.0. The molecule has 0 radical (unpaired) electrons. The standard InChI is InChI=1S/C13H16BrFO3/c1-13(2,12(16)17)4-3-5-18-11-7-9(14)6-10(15)8-11/h6-8H,3-5H2,1-2H3,(H,16,17). The first-order valence-corrected chi connectivity index (χ1v) is 6.43. The summed E-state index contributed by atoms with van der Waals surface area (Å²) in [4.78, 5) is 10.9. The fraction of sp³-hybridized carbons (Fsp3) is 0.462. The summed E-state index contributed by atoms with van der Waals surface area (Å²) >= 11 is 3.18. The van der Waals surface area contributed by atoms with Crippen LogP contribution >= 0.6 is 15.9 Å². The van der Waals surface area contributed by atoms with E-state index in [1.807, 2.05) is 0 Å². The average molecular weight is 319 g/mol. The van der Waals surface area contributed by atoms with Gasteiger partial charge in [-0.2, -0.15) is 0 Å². The molecule has 0 heterocycles. The molecule has 0 aromatic heterocycles. The summed E-state index contributed by atoms with van der Waals surface area (Å²) in [5, 5.41) is 8.93. The molecule has 0 fully saturated rings. The molecule has 1 N–H and O–H groups in total. The Balaban J connectivity index is 2.40. The van der Waals surface area contributed by atoms with Crippen LogP contribution in [0.1, 0.15) is 26.7 Å². The number of ether oxygens (including phenoxy) is 1. The summed E-state index contributed by atoms with van der Waals surface area (Å²) in [6, 6.07) is 4.32. The van der Waals surface area contributed by atoms with Crippen LogP contribution in [0.4, 0.5) is 4.39 Å². The van der Waals surface area contributed by atoms with E-state index < -0.39 is 11.4 Å². The van der Waals surface area contributed by atoms with Crippen LogP contribution in [0.3, 0.4) is 0 Å². The number of rotatable bonds is 6. The predicted octanol–water partition coefficient (Wildman–Crippen LogP) is 3.86. The van der Waals surface area contributed by atoms with Crippen LogP contribution in [0, 0.1) is 11.2 Å². The summed E-state index contributed by atoms with van der Waals surface area (Å²) < 4.78 is 19.0. The molecule has 0 spiro atoms. The van der Waals surface area contributed by atoms with Gasteiger partial charge >= 0.3 is 5.97 Å². The summed E-state index contributed by atoms with van der Waals surface area (Å²) in [7, 11) is 0. The topological polar surface area (TPSA) is 46.5 Å². The van der Waals surface area contributed by atoms with Crippen molar-refractivity contribution in [2.24, 2.45) is 5.41 Å². The van der Waals surface area contributed by atoms with Crippen molar-refractivity contribution in [3.63, 3.8) is 0 Å². The molecule has 0 amide bonds. The summed E-state index contributed by atoms with van der Waals surface area (Å²) in [6.07, 6.45) is 1.12. The Morgan fingerprint density at radius 2 is 2.11 bits per heavy atom. The molecule has 1 aromatic carbocycles. The maximum absolute atomic E-state index is 13.0. The van der Waals surface area contributed by atoms with Crippen LogP contribution in [0.15, 0.2) is 22.7 Å². The second-order valence-electron chi connectivity index (χ2n) is 4.75. The number of halogens is 2. The van der Waals surface area contributed by atoms with Crippen LogP contribution in [0.25, 0.3) is 0 Å². The van der Waals surface area contributed by atoms with E-state index in [1.54, 1.807) is 19.9 Å². The Morgan fingerprint density at radius 1 is 1.44 bits per heavy atom. The lowest BCUT2D eigenvalue weighted by Gasteiger charge is -2.18. The van der Waals surface area contributed by atoms with E-state index in [0.29, 0.717) is 29.7 Å². The highest BCUT2D eigenvalue weighted by Gasteiger charge is 2.26. The van der Waals surface area contributed by atoms with Crippen molar-refractivity contribution in [1.29, 1.82) is 0 Å². The summed E-state index contributed by atoms with van der Waals surface area (Å²) in [6.45, 7) is 3.72. The van der Waals surface area contributed by atoms with Crippen molar-refractivity contribution in [2.45, 2.75) is 26.7 Å². The molecule has 0 unspecified atom stereocenters. The second kappa shape index (κ2) is 6.18. The van der Waals surface area contributed by atoms with Crippen molar-refractivity contribution >= 4 is 21.9 Å². The minimum Gasteiger partial charge on any atom is -0.493 e. The maximum Gasteiger partial charge on any atom is 0.309 e. The minimum absolute atomic E-state index is 0.368. The third-order valence-corrected chi connectivity index (χ3v) is 3.09. The molecule has 100 valence electrons. The van der Waals surface area contributed by atoms with E-state index in [4.69, 9.17) is 9.84 Å². The predicted molar refractivity (Wildman–Crippen MR) is 70.2 cm³/mol. The van der Waals surface area contributed by atoms with Gasteiger partial charge in [0.15, 0.2) is 0 Å². The van der Waals surface area contributed by atoms with Crippen molar-refractivity contribution in [2.75, 3.05) is 6.61 Å². The zero-order chi connectivity index (χ0) is 13.8. The third-order valence-electron chi connectivity index (χ3n) is 2.63. The largest absolute Gasteiger partial charge is 0.493 e. The summed E-state index contributed by atoms with van der Waals surface area (Å²) in [5.41, 5.74) is -0.758. The van der Waals surface area contributed by atoms with Gasteiger partial charge in [-0.1, -0.05) is 15.9 Å². The molecule has 0 atom stereocenters. The Bertz CT molecular complexity index is 412. The van der Waals surface area contributed by atoms with Gasteiger partial charge in [-0.15, -0.1) is 0 Å². The van der Waals surface area contributed by atoms with Crippen LogP contribution in [-0.4, -0.2) is 17.7 Å². The van der Waals surface area contributed by atoms with Gasteiger partial charge in [0.2, 0.25) is 0 Å². The first-order chi connectivity index (χ1) is 8.31. The van der Waals surface area contributed by atoms with E-state index in [2.05, 4.69) is 15.9 Å². The number of benzene rings is 1. The van der Waals surface area contributed by atoms with Gasteiger partial charge < -0.3 is 9.84 Å². The van der Waals surface area contributed by atoms with Crippen LogP contribution in [0.2, 0.25) is 0 Å². The zero-order valence-corrected chi connectivity index (χ0v) is 12.0. The van der Waals surface area contributed by atoms with Gasteiger partial charge in [0.05, 0.1) is 12.0 Å². The average Bonchev–Trinajstić information content (AvgIpc) is 2.23. The molecule has 0 aliphatic heterocycles. The number of aliphatic carboxylic acids is 1. The van der Waals surface area contributed by atoms with Gasteiger partial charge in [-0.25, -0.2) is 4.39 Å². The molecule has 0 aliphatic carbocycles. The highest BCUT2D eigenvalue weighted by atomic mass is 79.9. The quantitative estimate of drug-likeness (QED) is 0.810. The van der Waals surface area contributed by atoms with Crippen molar-refractivity contribution in [3.05, 3.63) is 28.5 Å². The molecule has 1 rings (SSSR count). The normalized spacial score (nSPS) is 11.3. The lowest BCUT2D eigenvalue weighted by molar-refractivity contribution is -0.147. The Labute approximate surface area is 114 Å². The van der Waals surface area contributed by atoms with Gasteiger partial charge in [-0.05, 0) is 38.8 Å². The van der Waals surface area contributed by atoms with Crippen LogP contribution in [-0.2, 0) is 4.79 Å². The number of carboxylic acids is 1. The molecule has 3 nitrogen and oxygen atoms in total. The molecular formula is C13H16BrFO3. The molecule has 1 aromatic rings. The van der Waals surface area contributed by atoms with E-state index in [-0.39, 0.29) is 5.82 Å². The van der Waals surface area contributed by atoms with Gasteiger partial charge in [-0.3, -0.25) is 4.79 Å². The highest BCUT2D eigenvalue weighted by Crippen LogP contribution is 2.24. The van der Waals surface area contributed by atoms with Gasteiger partial charge in [0.25, 0.3) is 0 Å². The molecule has 18 heavy (non-hydrogen) atoms.